The van der Waals surface area contributed by atoms with E-state index in [1.54, 1.807) is 21.1 Å². The second-order valence-electron chi connectivity index (χ2n) is 5.24. The molecule has 2 atom stereocenters. The lowest BCUT2D eigenvalue weighted by molar-refractivity contribution is -0.145. The summed E-state index contributed by atoms with van der Waals surface area (Å²) in [5.74, 6) is -0.353. The van der Waals surface area contributed by atoms with Crippen LogP contribution in [0.2, 0.25) is 0 Å². The first kappa shape index (κ1) is 16.4. The van der Waals surface area contributed by atoms with Gasteiger partial charge in [-0.1, -0.05) is 13.8 Å². The Labute approximate surface area is 103 Å². The molecule has 0 bridgehead atoms. The fourth-order valence-electron chi connectivity index (χ4n) is 2.01. The number of methoxy groups -OCH3 is 2. The van der Waals surface area contributed by atoms with Crippen LogP contribution in [-0.2, 0) is 14.3 Å². The third kappa shape index (κ3) is 4.26. The summed E-state index contributed by atoms with van der Waals surface area (Å²) in [4.78, 5) is 11.4. The van der Waals surface area contributed by atoms with E-state index in [0.29, 0.717) is 6.61 Å². The van der Waals surface area contributed by atoms with Gasteiger partial charge in [-0.3, -0.25) is 4.79 Å². The minimum atomic E-state index is -0.741. The van der Waals surface area contributed by atoms with Gasteiger partial charge in [-0.05, 0) is 14.0 Å². The second kappa shape index (κ2) is 6.33. The summed E-state index contributed by atoms with van der Waals surface area (Å²) in [5, 5.41) is 13.4. The highest BCUT2D eigenvalue weighted by Gasteiger charge is 2.43. The molecular weight excluding hydrogens is 222 g/mol. The van der Waals surface area contributed by atoms with Crippen molar-refractivity contribution >= 4 is 5.97 Å². The molecule has 0 aliphatic heterocycles. The van der Waals surface area contributed by atoms with Gasteiger partial charge < -0.3 is 19.9 Å². The molecule has 5 nitrogen and oxygen atoms in total. The second-order valence-corrected chi connectivity index (χ2v) is 5.24. The van der Waals surface area contributed by atoms with E-state index in [-0.39, 0.29) is 12.4 Å². The third-order valence-corrected chi connectivity index (χ3v) is 3.17. The zero-order valence-electron chi connectivity index (χ0n) is 11.7. The first-order valence-corrected chi connectivity index (χ1v) is 5.66. The monoisotopic (exact) mass is 247 g/mol. The molecule has 0 heterocycles. The summed E-state index contributed by atoms with van der Waals surface area (Å²) in [6, 6.07) is 0. The number of esters is 1. The minimum absolute atomic E-state index is 0.105. The lowest BCUT2D eigenvalue weighted by Gasteiger charge is -2.42. The van der Waals surface area contributed by atoms with Crippen LogP contribution in [0.4, 0.5) is 0 Å². The molecule has 0 aliphatic carbocycles. The zero-order valence-corrected chi connectivity index (χ0v) is 11.7. The van der Waals surface area contributed by atoms with Crippen LogP contribution < -0.4 is 5.32 Å². The molecule has 0 aliphatic rings. The molecule has 0 radical (unpaired) electrons. The number of likely N-dealkylation sites (N-methyl/N-ethyl adjacent to an activating group) is 1. The van der Waals surface area contributed by atoms with Gasteiger partial charge in [-0.15, -0.1) is 0 Å². The van der Waals surface area contributed by atoms with E-state index in [0.717, 1.165) is 0 Å². The van der Waals surface area contributed by atoms with Crippen molar-refractivity contribution in [2.45, 2.75) is 38.8 Å². The van der Waals surface area contributed by atoms with E-state index < -0.39 is 17.1 Å². The lowest BCUT2D eigenvalue weighted by Crippen LogP contribution is -2.58. The molecule has 0 rings (SSSR count). The predicted octanol–water partition coefficient (Wildman–Crippen LogP) is 0.561. The number of ether oxygens (including phenoxy) is 2. The van der Waals surface area contributed by atoms with Crippen molar-refractivity contribution in [1.82, 2.24) is 5.32 Å². The summed E-state index contributed by atoms with van der Waals surface area (Å²) < 4.78 is 9.74. The summed E-state index contributed by atoms with van der Waals surface area (Å²) in [6.07, 6.45) is -0.632. The highest BCUT2D eigenvalue weighted by atomic mass is 16.5. The molecule has 17 heavy (non-hydrogen) atoms. The van der Waals surface area contributed by atoms with Crippen molar-refractivity contribution in [3.8, 4) is 0 Å². The molecule has 2 N–H and O–H groups in total. The number of nitrogens with one attached hydrogen (secondary N) is 1. The Morgan fingerprint density at radius 2 is 1.88 bits per heavy atom. The molecule has 0 spiro atoms. The Morgan fingerprint density at radius 1 is 1.35 bits per heavy atom. The number of hydrogen-bond donors (Lipinski definition) is 2. The van der Waals surface area contributed by atoms with E-state index in [9.17, 15) is 9.90 Å². The molecular formula is C12H25NO4. The fraction of sp³-hybridized carbons (Fsp3) is 0.917. The van der Waals surface area contributed by atoms with Crippen molar-refractivity contribution in [3.63, 3.8) is 0 Å². The summed E-state index contributed by atoms with van der Waals surface area (Å²) >= 11 is 0. The molecule has 5 heteroatoms. The highest BCUT2D eigenvalue weighted by Crippen LogP contribution is 2.31. The maximum atomic E-state index is 11.4. The number of aliphatic hydroxyl groups excluding tert-OH is 1. The number of aliphatic hydroxyl groups is 1. The largest absolute Gasteiger partial charge is 0.469 e. The Balaban J connectivity index is 4.89. The van der Waals surface area contributed by atoms with Crippen LogP contribution >= 0.6 is 0 Å². The van der Waals surface area contributed by atoms with Gasteiger partial charge in [0.25, 0.3) is 0 Å². The maximum absolute atomic E-state index is 11.4. The van der Waals surface area contributed by atoms with E-state index in [4.69, 9.17) is 4.74 Å². The SMILES string of the molecule is CNC(C)(CC(=O)OC)C(O)C(C)(C)COC. The smallest absolute Gasteiger partial charge is 0.307 e. The first-order valence-electron chi connectivity index (χ1n) is 5.66. The third-order valence-electron chi connectivity index (χ3n) is 3.17. The molecule has 102 valence electrons. The Kier molecular flexibility index (Phi) is 6.09. The quantitative estimate of drug-likeness (QED) is 0.643. The number of carbonyl (C=O) groups is 1. The van der Waals surface area contributed by atoms with Crippen LogP contribution in [0.5, 0.6) is 0 Å². The van der Waals surface area contributed by atoms with Gasteiger partial charge in [0.2, 0.25) is 0 Å². The molecule has 0 aromatic rings. The van der Waals surface area contributed by atoms with E-state index in [1.165, 1.54) is 7.11 Å². The molecule has 0 saturated carbocycles. The molecule has 0 amide bonds. The minimum Gasteiger partial charge on any atom is -0.469 e. The first-order chi connectivity index (χ1) is 7.73. The van der Waals surface area contributed by atoms with Gasteiger partial charge in [-0.25, -0.2) is 0 Å². The van der Waals surface area contributed by atoms with Gasteiger partial charge >= 0.3 is 5.97 Å². The Hall–Kier alpha value is -0.650. The summed E-state index contributed by atoms with van der Waals surface area (Å²) in [6.45, 7) is 6.00. The summed E-state index contributed by atoms with van der Waals surface area (Å²) in [7, 11) is 4.64. The van der Waals surface area contributed by atoms with Crippen LogP contribution in [0.1, 0.15) is 27.2 Å². The van der Waals surface area contributed by atoms with Crippen LogP contribution in [0.15, 0.2) is 0 Å². The Bertz CT molecular complexity index is 255. The molecule has 0 fully saturated rings. The molecule has 0 aromatic heterocycles. The lowest BCUT2D eigenvalue weighted by atomic mass is 9.75. The van der Waals surface area contributed by atoms with Gasteiger partial charge in [0.05, 0.1) is 31.8 Å². The van der Waals surface area contributed by atoms with Crippen molar-refractivity contribution in [2.24, 2.45) is 5.41 Å². The number of rotatable bonds is 7. The van der Waals surface area contributed by atoms with E-state index >= 15 is 0 Å². The standard InChI is InChI=1S/C12H25NO4/c1-11(2,8-16-5)10(15)12(3,13-4)7-9(14)17-6/h10,13,15H,7-8H2,1-6H3. The van der Waals surface area contributed by atoms with Crippen molar-refractivity contribution < 1.29 is 19.4 Å². The van der Waals surface area contributed by atoms with E-state index in [1.807, 2.05) is 13.8 Å². The normalized spacial score (nSPS) is 17.4. The topological polar surface area (TPSA) is 67.8 Å². The van der Waals surface area contributed by atoms with E-state index in [2.05, 4.69) is 10.1 Å². The van der Waals surface area contributed by atoms with Crippen molar-refractivity contribution in [3.05, 3.63) is 0 Å². The van der Waals surface area contributed by atoms with Crippen LogP contribution in [0, 0.1) is 5.41 Å². The van der Waals surface area contributed by atoms with Crippen molar-refractivity contribution in [1.29, 1.82) is 0 Å². The number of hydrogen-bond acceptors (Lipinski definition) is 5. The molecule has 2 unspecified atom stereocenters. The average molecular weight is 247 g/mol. The number of carbonyl (C=O) groups excluding carboxylic acids is 1. The van der Waals surface area contributed by atoms with Crippen LogP contribution in [0.25, 0.3) is 0 Å². The highest BCUT2D eigenvalue weighted by molar-refractivity contribution is 5.70. The zero-order chi connectivity index (χ0) is 13.7. The van der Waals surface area contributed by atoms with Crippen LogP contribution in [0.3, 0.4) is 0 Å². The van der Waals surface area contributed by atoms with Gasteiger partial charge in [0.1, 0.15) is 0 Å². The average Bonchev–Trinajstić information content (AvgIpc) is 2.27. The predicted molar refractivity (Wildman–Crippen MR) is 65.8 cm³/mol. The maximum Gasteiger partial charge on any atom is 0.307 e. The van der Waals surface area contributed by atoms with Crippen molar-refractivity contribution in [2.75, 3.05) is 27.9 Å². The van der Waals surface area contributed by atoms with Gasteiger partial charge in [0, 0.05) is 12.5 Å². The summed E-state index contributed by atoms with van der Waals surface area (Å²) in [5.41, 5.74) is -1.20. The van der Waals surface area contributed by atoms with Crippen LogP contribution in [-0.4, -0.2) is 50.6 Å². The molecule has 0 aromatic carbocycles. The Morgan fingerprint density at radius 3 is 2.24 bits per heavy atom. The fourth-order valence-corrected chi connectivity index (χ4v) is 2.01. The molecule has 0 saturated heterocycles. The van der Waals surface area contributed by atoms with Gasteiger partial charge in [0.15, 0.2) is 0 Å². The van der Waals surface area contributed by atoms with Gasteiger partial charge in [-0.2, -0.15) is 0 Å².